The number of alkyl halides is 1. The van der Waals surface area contributed by atoms with Gasteiger partial charge in [0.15, 0.2) is 0 Å². The number of hydrogen-bond donors (Lipinski definition) is 0. The van der Waals surface area contributed by atoms with Crippen molar-refractivity contribution in [2.24, 2.45) is 0 Å². The molecule has 0 saturated carbocycles. The second-order valence-electron chi connectivity index (χ2n) is 3.67. The molecule has 1 aliphatic heterocycles. The molecule has 88 valence electrons. The Balaban J connectivity index is 2.56. The lowest BCUT2D eigenvalue weighted by Crippen LogP contribution is -2.35. The van der Waals surface area contributed by atoms with Crippen LogP contribution in [0.2, 0.25) is 0 Å². The number of likely N-dealkylation sites (tertiary alicyclic amines) is 1. The molecule has 0 aliphatic carbocycles. The van der Waals surface area contributed by atoms with Crippen LogP contribution in [0.25, 0.3) is 0 Å². The Hall–Kier alpha value is -0.130. The molecule has 0 bridgehead atoms. The van der Waals surface area contributed by atoms with Crippen LogP contribution in [0.15, 0.2) is 0 Å². The van der Waals surface area contributed by atoms with E-state index >= 15 is 0 Å². The van der Waals surface area contributed by atoms with Gasteiger partial charge in [-0.25, -0.2) is 0 Å². The average Bonchev–Trinajstić information content (AvgIpc) is 2.69. The molecule has 0 N–H and O–H groups in total. The van der Waals surface area contributed by atoms with Crippen LogP contribution in [0.3, 0.4) is 0 Å². The Morgan fingerprint density at radius 1 is 1.40 bits per heavy atom. The van der Waals surface area contributed by atoms with E-state index in [1.54, 1.807) is 19.1 Å². The first-order chi connectivity index (χ1) is 7.13. The maximum atomic E-state index is 11.9. The summed E-state index contributed by atoms with van der Waals surface area (Å²) in [5.41, 5.74) is 0. The normalized spacial score (nSPS) is 28.1. The molecule has 3 atom stereocenters. The third-order valence-electron chi connectivity index (χ3n) is 2.76. The highest BCUT2D eigenvalue weighted by Gasteiger charge is 2.36. The standard InChI is InChI=1S/C10H18BrNO3/c1-4-7(11)10(13)12-5-8(14-2)9(6-12)15-3/h7-9H,4-6H2,1-3H3. The van der Waals surface area contributed by atoms with Crippen LogP contribution in [0, 0.1) is 0 Å². The number of carbonyl (C=O) groups is 1. The van der Waals surface area contributed by atoms with Crippen LogP contribution < -0.4 is 0 Å². The summed E-state index contributed by atoms with van der Waals surface area (Å²) in [6.45, 7) is 3.22. The van der Waals surface area contributed by atoms with Gasteiger partial charge < -0.3 is 14.4 Å². The van der Waals surface area contributed by atoms with Crippen LogP contribution in [0.5, 0.6) is 0 Å². The Morgan fingerprint density at radius 3 is 2.20 bits per heavy atom. The molecule has 15 heavy (non-hydrogen) atoms. The second kappa shape index (κ2) is 5.82. The van der Waals surface area contributed by atoms with Gasteiger partial charge in [-0.3, -0.25) is 4.79 Å². The predicted octanol–water partition coefficient (Wildman–Crippen LogP) is 1.03. The van der Waals surface area contributed by atoms with E-state index in [0.29, 0.717) is 13.1 Å². The van der Waals surface area contributed by atoms with E-state index in [9.17, 15) is 4.79 Å². The molecule has 0 spiro atoms. The van der Waals surface area contributed by atoms with Crippen molar-refractivity contribution in [2.45, 2.75) is 30.4 Å². The van der Waals surface area contributed by atoms with E-state index in [2.05, 4.69) is 15.9 Å². The predicted molar refractivity (Wildman–Crippen MR) is 61.2 cm³/mol. The lowest BCUT2D eigenvalue weighted by molar-refractivity contribution is -0.130. The minimum atomic E-state index is -0.0920. The van der Waals surface area contributed by atoms with Crippen molar-refractivity contribution >= 4 is 21.8 Å². The number of ether oxygens (including phenoxy) is 2. The quantitative estimate of drug-likeness (QED) is 0.722. The van der Waals surface area contributed by atoms with Crippen molar-refractivity contribution in [3.63, 3.8) is 0 Å². The Labute approximate surface area is 99.0 Å². The van der Waals surface area contributed by atoms with Crippen LogP contribution in [-0.4, -0.2) is 55.2 Å². The summed E-state index contributed by atoms with van der Waals surface area (Å²) in [6.07, 6.45) is 0.788. The topological polar surface area (TPSA) is 38.8 Å². The molecule has 0 aromatic rings. The van der Waals surface area contributed by atoms with Crippen molar-refractivity contribution in [1.82, 2.24) is 4.90 Å². The van der Waals surface area contributed by atoms with Gasteiger partial charge >= 0.3 is 0 Å². The second-order valence-corrected chi connectivity index (χ2v) is 4.77. The SMILES string of the molecule is CCC(Br)C(=O)N1CC(OC)C(OC)C1. The minimum Gasteiger partial charge on any atom is -0.377 e. The fourth-order valence-corrected chi connectivity index (χ4v) is 2.04. The number of halogens is 1. The van der Waals surface area contributed by atoms with Crippen molar-refractivity contribution in [2.75, 3.05) is 27.3 Å². The van der Waals surface area contributed by atoms with Crippen LogP contribution in [-0.2, 0) is 14.3 Å². The number of amides is 1. The molecule has 1 rings (SSSR count). The monoisotopic (exact) mass is 279 g/mol. The molecule has 1 heterocycles. The third-order valence-corrected chi connectivity index (χ3v) is 3.80. The van der Waals surface area contributed by atoms with Gasteiger partial charge in [0.25, 0.3) is 0 Å². The maximum Gasteiger partial charge on any atom is 0.236 e. The molecule has 4 nitrogen and oxygen atoms in total. The number of carbonyl (C=O) groups excluding carboxylic acids is 1. The summed E-state index contributed by atoms with van der Waals surface area (Å²) >= 11 is 3.36. The van der Waals surface area contributed by atoms with E-state index in [1.807, 2.05) is 6.92 Å². The highest BCUT2D eigenvalue weighted by atomic mass is 79.9. The number of methoxy groups -OCH3 is 2. The summed E-state index contributed by atoms with van der Waals surface area (Å²) in [5.74, 6) is 0.124. The Kier molecular flexibility index (Phi) is 5.02. The zero-order valence-electron chi connectivity index (χ0n) is 9.40. The van der Waals surface area contributed by atoms with Gasteiger partial charge in [0.2, 0.25) is 5.91 Å². The first-order valence-electron chi connectivity index (χ1n) is 5.12. The van der Waals surface area contributed by atoms with Gasteiger partial charge in [-0.1, -0.05) is 22.9 Å². The molecule has 5 heteroatoms. The van der Waals surface area contributed by atoms with Gasteiger partial charge in [-0.15, -0.1) is 0 Å². The molecule has 3 unspecified atom stereocenters. The fourth-order valence-electron chi connectivity index (χ4n) is 1.75. The highest BCUT2D eigenvalue weighted by molar-refractivity contribution is 9.10. The van der Waals surface area contributed by atoms with Crippen molar-refractivity contribution < 1.29 is 14.3 Å². The fraction of sp³-hybridized carbons (Fsp3) is 0.900. The van der Waals surface area contributed by atoms with E-state index in [4.69, 9.17) is 9.47 Å². The molecule has 0 radical (unpaired) electrons. The summed E-state index contributed by atoms with van der Waals surface area (Å²) < 4.78 is 10.5. The molecular weight excluding hydrogens is 262 g/mol. The highest BCUT2D eigenvalue weighted by Crippen LogP contribution is 2.19. The lowest BCUT2D eigenvalue weighted by Gasteiger charge is -2.18. The molecule has 1 amide bonds. The number of hydrogen-bond acceptors (Lipinski definition) is 3. The zero-order chi connectivity index (χ0) is 11.4. The smallest absolute Gasteiger partial charge is 0.236 e. The number of nitrogens with zero attached hydrogens (tertiary/aromatic N) is 1. The minimum absolute atomic E-state index is 0.00416. The first kappa shape index (κ1) is 12.9. The van der Waals surface area contributed by atoms with E-state index in [-0.39, 0.29) is 22.9 Å². The van der Waals surface area contributed by atoms with E-state index < -0.39 is 0 Å². The summed E-state index contributed by atoms with van der Waals surface area (Å²) in [6, 6.07) is 0. The van der Waals surface area contributed by atoms with Gasteiger partial charge in [0.1, 0.15) is 12.2 Å². The summed E-state index contributed by atoms with van der Waals surface area (Å²) in [4.78, 5) is 13.6. The average molecular weight is 280 g/mol. The number of rotatable bonds is 4. The molecular formula is C10H18BrNO3. The van der Waals surface area contributed by atoms with Gasteiger partial charge in [0.05, 0.1) is 4.83 Å². The van der Waals surface area contributed by atoms with Crippen molar-refractivity contribution in [1.29, 1.82) is 0 Å². The first-order valence-corrected chi connectivity index (χ1v) is 6.04. The van der Waals surface area contributed by atoms with Crippen molar-refractivity contribution in [3.8, 4) is 0 Å². The Morgan fingerprint density at radius 2 is 1.87 bits per heavy atom. The maximum absolute atomic E-state index is 11.9. The molecule has 1 aliphatic rings. The zero-order valence-corrected chi connectivity index (χ0v) is 11.0. The van der Waals surface area contributed by atoms with Crippen LogP contribution in [0.1, 0.15) is 13.3 Å². The van der Waals surface area contributed by atoms with Gasteiger partial charge in [-0.2, -0.15) is 0 Å². The molecule has 1 fully saturated rings. The van der Waals surface area contributed by atoms with Crippen LogP contribution in [0.4, 0.5) is 0 Å². The summed E-state index contributed by atoms with van der Waals surface area (Å²) in [5, 5.41) is 0. The third kappa shape index (κ3) is 2.92. The van der Waals surface area contributed by atoms with Crippen molar-refractivity contribution in [3.05, 3.63) is 0 Å². The molecule has 0 aromatic carbocycles. The Bertz CT molecular complexity index is 213. The van der Waals surface area contributed by atoms with Gasteiger partial charge in [-0.05, 0) is 6.42 Å². The molecule has 0 aromatic heterocycles. The largest absolute Gasteiger partial charge is 0.377 e. The molecule has 1 saturated heterocycles. The lowest BCUT2D eigenvalue weighted by atomic mass is 10.3. The van der Waals surface area contributed by atoms with Crippen LogP contribution >= 0.6 is 15.9 Å². The van der Waals surface area contributed by atoms with Gasteiger partial charge in [0, 0.05) is 27.3 Å². The van der Waals surface area contributed by atoms with E-state index in [0.717, 1.165) is 6.42 Å². The van der Waals surface area contributed by atoms with E-state index in [1.165, 1.54) is 0 Å². The summed E-state index contributed by atoms with van der Waals surface area (Å²) in [7, 11) is 3.30.